The van der Waals surface area contributed by atoms with Gasteiger partial charge in [-0.15, -0.1) is 0 Å². The second-order valence-electron chi connectivity index (χ2n) is 15.3. The number of alkyl halides is 3. The lowest BCUT2D eigenvalue weighted by Gasteiger charge is -2.35. The normalized spacial score (nSPS) is 11.9. The van der Waals surface area contributed by atoms with Crippen LogP contribution in [-0.4, -0.2) is 43.0 Å². The number of ether oxygens (including phenoxy) is 2. The summed E-state index contributed by atoms with van der Waals surface area (Å²) in [7, 11) is 2.61. The van der Waals surface area contributed by atoms with Gasteiger partial charge in [0.15, 0.2) is 23.1 Å². The standard InChI is InChI=1S/C49H41F5N6O4/c1-31(2)60(38-22-20-37(50)21-23-38)44(61)28-58-41-27-36(49(52,53)54)26-39(45(41)57(3)47(58)62)32-24-40(51)46(42(25-32)63-4)64-29-43-55-30-59(56-43)48(33-14-8-5-9-15-33,34-16-10-6-11-17-34)35-18-12-7-13-19-35/h5-27,30-31H,28-29H2,1-4H3. The van der Waals surface area contributed by atoms with Gasteiger partial charge in [0.2, 0.25) is 5.91 Å². The van der Waals surface area contributed by atoms with Crippen molar-refractivity contribution < 1.29 is 36.2 Å². The van der Waals surface area contributed by atoms with Gasteiger partial charge in [0.25, 0.3) is 0 Å². The van der Waals surface area contributed by atoms with Gasteiger partial charge in [0, 0.05) is 24.3 Å². The fourth-order valence-corrected chi connectivity index (χ4v) is 8.25. The lowest BCUT2D eigenvalue weighted by Crippen LogP contribution is -2.41. The van der Waals surface area contributed by atoms with Crippen LogP contribution in [0.3, 0.4) is 0 Å². The average molecular weight is 873 g/mol. The van der Waals surface area contributed by atoms with Crippen LogP contribution in [0.5, 0.6) is 11.5 Å². The van der Waals surface area contributed by atoms with Crippen LogP contribution >= 0.6 is 0 Å². The molecule has 6 aromatic carbocycles. The third kappa shape index (κ3) is 7.89. The number of rotatable bonds is 13. The van der Waals surface area contributed by atoms with Gasteiger partial charge in [-0.25, -0.2) is 23.2 Å². The van der Waals surface area contributed by atoms with Crippen molar-refractivity contribution in [2.75, 3.05) is 12.0 Å². The molecule has 0 saturated carbocycles. The second-order valence-corrected chi connectivity index (χ2v) is 15.3. The summed E-state index contributed by atoms with van der Waals surface area (Å²) in [6.07, 6.45) is -3.32. The van der Waals surface area contributed by atoms with Crippen LogP contribution in [-0.2, 0) is 36.7 Å². The van der Waals surface area contributed by atoms with Crippen LogP contribution in [0.4, 0.5) is 27.6 Å². The number of benzene rings is 6. The number of methoxy groups -OCH3 is 1. The van der Waals surface area contributed by atoms with E-state index in [0.717, 1.165) is 44.0 Å². The molecule has 8 rings (SSSR count). The van der Waals surface area contributed by atoms with E-state index >= 15 is 4.39 Å². The third-order valence-corrected chi connectivity index (χ3v) is 11.1. The Morgan fingerprint density at radius 3 is 1.89 bits per heavy atom. The molecule has 8 aromatic rings. The lowest BCUT2D eigenvalue weighted by atomic mass is 9.77. The van der Waals surface area contributed by atoms with Crippen LogP contribution in [0.1, 0.15) is 41.9 Å². The maximum Gasteiger partial charge on any atom is 0.416 e. The van der Waals surface area contributed by atoms with E-state index in [0.29, 0.717) is 5.69 Å². The second kappa shape index (κ2) is 17.3. The summed E-state index contributed by atoms with van der Waals surface area (Å²) in [5.41, 5.74) is -0.290. The first-order valence-electron chi connectivity index (χ1n) is 20.2. The zero-order valence-electron chi connectivity index (χ0n) is 35.1. The van der Waals surface area contributed by atoms with Crippen molar-refractivity contribution in [2.45, 2.75) is 44.8 Å². The van der Waals surface area contributed by atoms with Crippen LogP contribution in [0.25, 0.3) is 22.2 Å². The van der Waals surface area contributed by atoms with Crippen molar-refractivity contribution in [1.29, 1.82) is 0 Å². The largest absolute Gasteiger partial charge is 0.493 e. The summed E-state index contributed by atoms with van der Waals surface area (Å²) in [5, 5.41) is 4.86. The van der Waals surface area contributed by atoms with Crippen LogP contribution < -0.4 is 20.1 Å². The van der Waals surface area contributed by atoms with E-state index in [-0.39, 0.29) is 46.1 Å². The maximum absolute atomic E-state index is 16.4. The van der Waals surface area contributed by atoms with Crippen LogP contribution in [0.15, 0.2) is 151 Å². The predicted octanol–water partition coefficient (Wildman–Crippen LogP) is 9.76. The van der Waals surface area contributed by atoms with Gasteiger partial charge >= 0.3 is 11.9 Å². The van der Waals surface area contributed by atoms with Crippen molar-refractivity contribution in [3.8, 4) is 22.6 Å². The molecular weight excluding hydrogens is 832 g/mol. The monoisotopic (exact) mass is 872 g/mol. The quantitative estimate of drug-likeness (QED) is 0.0846. The predicted molar refractivity (Wildman–Crippen MR) is 232 cm³/mol. The lowest BCUT2D eigenvalue weighted by molar-refractivity contribution is -0.137. The molecule has 1 amide bonds. The number of halogens is 5. The highest BCUT2D eigenvalue weighted by molar-refractivity contribution is 5.97. The minimum Gasteiger partial charge on any atom is -0.493 e. The Kier molecular flexibility index (Phi) is 11.7. The van der Waals surface area contributed by atoms with Crippen molar-refractivity contribution in [3.63, 3.8) is 0 Å². The zero-order valence-corrected chi connectivity index (χ0v) is 35.1. The average Bonchev–Trinajstić information content (AvgIpc) is 3.86. The number of amides is 1. The molecule has 0 saturated heterocycles. The Balaban J connectivity index is 1.16. The number of aromatic nitrogens is 5. The number of anilines is 1. The van der Waals surface area contributed by atoms with Gasteiger partial charge in [0.1, 0.15) is 30.8 Å². The Labute approximate surface area is 364 Å². The number of nitrogens with zero attached hydrogens (tertiary/aromatic N) is 6. The molecular formula is C49H41F5N6O4. The van der Waals surface area contributed by atoms with Crippen molar-refractivity contribution >= 4 is 22.6 Å². The number of aryl methyl sites for hydroxylation is 1. The number of hydrogen-bond donors (Lipinski definition) is 0. The van der Waals surface area contributed by atoms with Gasteiger partial charge in [0.05, 0.1) is 23.7 Å². The smallest absolute Gasteiger partial charge is 0.416 e. The molecule has 0 aliphatic heterocycles. The molecule has 2 aromatic heterocycles. The first kappa shape index (κ1) is 43.1. The summed E-state index contributed by atoms with van der Waals surface area (Å²) < 4.78 is 89.2. The van der Waals surface area contributed by atoms with E-state index in [9.17, 15) is 27.2 Å². The Morgan fingerprint density at radius 1 is 0.781 bits per heavy atom. The number of carbonyl (C=O) groups excluding carboxylic acids is 1. The highest BCUT2D eigenvalue weighted by atomic mass is 19.4. The van der Waals surface area contributed by atoms with E-state index in [1.54, 1.807) is 24.9 Å². The molecule has 326 valence electrons. The minimum atomic E-state index is -4.90. The number of fused-ring (bicyclic) bond motifs is 1. The molecule has 15 heteroatoms. The topological polar surface area (TPSA) is 96.4 Å². The molecule has 2 heterocycles. The van der Waals surface area contributed by atoms with Crippen molar-refractivity contribution in [2.24, 2.45) is 7.05 Å². The van der Waals surface area contributed by atoms with Crippen molar-refractivity contribution in [3.05, 3.63) is 196 Å². The van der Waals surface area contributed by atoms with Gasteiger partial charge in [-0.05, 0) is 84.6 Å². The molecule has 10 nitrogen and oxygen atoms in total. The molecule has 0 aliphatic rings. The summed E-state index contributed by atoms with van der Waals surface area (Å²) in [5.74, 6) is -2.44. The SMILES string of the molecule is COc1cc(-c2cc(C(F)(F)F)cc3c2n(C)c(=O)n3CC(=O)N(c2ccc(F)cc2)C(C)C)cc(F)c1OCc1ncn(C(c2ccccc2)(c2ccccc2)c2ccccc2)n1. The molecule has 0 atom stereocenters. The molecule has 0 radical (unpaired) electrons. The molecule has 64 heavy (non-hydrogen) atoms. The molecule has 0 N–H and O–H groups in total. The van der Waals surface area contributed by atoms with E-state index < -0.39 is 53.1 Å². The Bertz CT molecular complexity index is 2910. The molecule has 0 fully saturated rings. The van der Waals surface area contributed by atoms with Gasteiger partial charge in [-0.3, -0.25) is 13.9 Å². The Morgan fingerprint density at radius 2 is 1.36 bits per heavy atom. The van der Waals surface area contributed by atoms with Crippen molar-refractivity contribution in [1.82, 2.24) is 23.9 Å². The summed E-state index contributed by atoms with van der Waals surface area (Å²) in [6, 6.07) is 38.0. The van der Waals surface area contributed by atoms with Gasteiger partial charge in [-0.2, -0.15) is 18.3 Å². The number of hydrogen-bond acceptors (Lipinski definition) is 6. The molecule has 0 aliphatic carbocycles. The fourth-order valence-electron chi connectivity index (χ4n) is 8.25. The van der Waals surface area contributed by atoms with Crippen LogP contribution in [0.2, 0.25) is 0 Å². The Hall–Kier alpha value is -7.55. The van der Waals surface area contributed by atoms with E-state index in [2.05, 4.69) is 4.98 Å². The molecule has 0 unspecified atom stereocenters. The van der Waals surface area contributed by atoms with E-state index in [4.69, 9.17) is 14.6 Å². The zero-order chi connectivity index (χ0) is 45.3. The summed E-state index contributed by atoms with van der Waals surface area (Å²) in [4.78, 5) is 33.5. The summed E-state index contributed by atoms with van der Waals surface area (Å²) in [6.45, 7) is 2.45. The fraction of sp³-hybridized carbons (Fsp3) is 0.184. The molecule has 0 bridgehead atoms. The third-order valence-electron chi connectivity index (χ3n) is 11.1. The maximum atomic E-state index is 16.4. The number of imidazole rings is 1. The minimum absolute atomic E-state index is 0.00673. The highest BCUT2D eigenvalue weighted by Crippen LogP contribution is 2.43. The van der Waals surface area contributed by atoms with Crippen LogP contribution in [0, 0.1) is 11.6 Å². The van der Waals surface area contributed by atoms with Gasteiger partial charge in [-0.1, -0.05) is 91.0 Å². The van der Waals surface area contributed by atoms with Gasteiger partial charge < -0.3 is 14.4 Å². The first-order valence-corrected chi connectivity index (χ1v) is 20.2. The van der Waals surface area contributed by atoms with E-state index in [1.807, 2.05) is 91.0 Å². The highest BCUT2D eigenvalue weighted by Gasteiger charge is 2.40. The summed E-state index contributed by atoms with van der Waals surface area (Å²) >= 11 is 0. The molecule has 0 spiro atoms. The van der Waals surface area contributed by atoms with E-state index in [1.165, 1.54) is 49.4 Å². The first-order chi connectivity index (χ1) is 30.7. The number of carbonyl (C=O) groups is 1.